The molecule has 1 fully saturated rings. The maximum Gasteiger partial charge on any atom is 0.242 e. The Bertz CT molecular complexity index is 1080. The van der Waals surface area contributed by atoms with Crippen molar-refractivity contribution in [1.82, 2.24) is 24.8 Å². The van der Waals surface area contributed by atoms with Crippen molar-refractivity contribution in [3.8, 4) is 5.82 Å². The van der Waals surface area contributed by atoms with Crippen LogP contribution in [0.4, 0.5) is 11.8 Å². The van der Waals surface area contributed by atoms with Crippen molar-refractivity contribution in [2.24, 2.45) is 5.92 Å². The van der Waals surface area contributed by atoms with Crippen LogP contribution in [-0.4, -0.2) is 31.5 Å². The Morgan fingerprint density at radius 3 is 2.73 bits per heavy atom. The van der Waals surface area contributed by atoms with Gasteiger partial charge in [-0.2, -0.15) is 9.97 Å². The molecule has 8 nitrogen and oxygen atoms in total. The first-order valence-electron chi connectivity index (χ1n) is 11.1. The second-order valence-corrected chi connectivity index (χ2v) is 9.17. The van der Waals surface area contributed by atoms with Crippen LogP contribution in [0.3, 0.4) is 0 Å². The van der Waals surface area contributed by atoms with Gasteiger partial charge in [0.15, 0.2) is 0 Å². The summed E-state index contributed by atoms with van der Waals surface area (Å²) in [7, 11) is 0. The summed E-state index contributed by atoms with van der Waals surface area (Å²) in [6.45, 7) is 0.309. The van der Waals surface area contributed by atoms with E-state index in [1.165, 1.54) is 19.3 Å². The SMILES string of the molecule is Nc1nc(NC(CC2CCCCC2)C(=O)NCc2ccc(Cl)cc2Cl)cc(-n2ccnc2)n1. The third kappa shape index (κ3) is 6.36. The highest BCUT2D eigenvalue weighted by Crippen LogP contribution is 2.28. The predicted octanol–water partition coefficient (Wildman–Crippen LogP) is 4.62. The standard InChI is InChI=1S/C23H27Cl2N7O/c24-17-7-6-16(18(25)11-17)13-28-22(33)19(10-15-4-2-1-3-5-15)29-20-12-21(31-23(26)30-20)32-9-8-27-14-32/h6-9,11-12,14-15,19H,1-5,10,13H2,(H,28,33)(H3,26,29,30,31). The number of benzene rings is 1. The van der Waals surface area contributed by atoms with Crippen LogP contribution in [0.15, 0.2) is 43.0 Å². The molecule has 1 unspecified atom stereocenters. The van der Waals surface area contributed by atoms with Crippen molar-refractivity contribution in [3.63, 3.8) is 0 Å². The third-order valence-electron chi connectivity index (χ3n) is 5.90. The summed E-state index contributed by atoms with van der Waals surface area (Å²) in [5.74, 6) is 1.55. The lowest BCUT2D eigenvalue weighted by atomic mass is 9.84. The van der Waals surface area contributed by atoms with Gasteiger partial charge in [0.05, 0.1) is 0 Å². The zero-order valence-corrected chi connectivity index (χ0v) is 19.7. The van der Waals surface area contributed by atoms with Crippen LogP contribution in [0.25, 0.3) is 5.82 Å². The van der Waals surface area contributed by atoms with Crippen LogP contribution in [0.1, 0.15) is 44.1 Å². The molecule has 33 heavy (non-hydrogen) atoms. The summed E-state index contributed by atoms with van der Waals surface area (Å²) in [6, 6.07) is 6.54. The van der Waals surface area contributed by atoms with Crippen LogP contribution < -0.4 is 16.4 Å². The van der Waals surface area contributed by atoms with Gasteiger partial charge in [-0.15, -0.1) is 0 Å². The zero-order valence-electron chi connectivity index (χ0n) is 18.2. The van der Waals surface area contributed by atoms with E-state index in [0.29, 0.717) is 40.6 Å². The van der Waals surface area contributed by atoms with E-state index in [2.05, 4.69) is 25.6 Å². The van der Waals surface area contributed by atoms with E-state index >= 15 is 0 Å². The van der Waals surface area contributed by atoms with E-state index in [-0.39, 0.29) is 11.9 Å². The van der Waals surface area contributed by atoms with Gasteiger partial charge in [0.25, 0.3) is 0 Å². The monoisotopic (exact) mass is 487 g/mol. The fraction of sp³-hybridized carbons (Fsp3) is 0.391. The average Bonchev–Trinajstić information content (AvgIpc) is 3.33. The molecule has 174 valence electrons. The molecule has 1 atom stereocenters. The number of nitrogens with one attached hydrogen (secondary N) is 2. The Kier molecular flexibility index (Phi) is 7.67. The maximum atomic E-state index is 13.2. The van der Waals surface area contributed by atoms with Crippen molar-refractivity contribution in [1.29, 1.82) is 0 Å². The number of imidazole rings is 1. The number of rotatable bonds is 8. The highest BCUT2D eigenvalue weighted by atomic mass is 35.5. The molecule has 0 radical (unpaired) electrons. The predicted molar refractivity (Wildman–Crippen MR) is 130 cm³/mol. The molecule has 1 aliphatic carbocycles. The van der Waals surface area contributed by atoms with Gasteiger partial charge in [-0.3, -0.25) is 9.36 Å². The summed E-state index contributed by atoms with van der Waals surface area (Å²) in [4.78, 5) is 25.9. The Balaban J connectivity index is 1.51. The first-order valence-corrected chi connectivity index (χ1v) is 11.8. The number of hydrogen-bond donors (Lipinski definition) is 3. The lowest BCUT2D eigenvalue weighted by Crippen LogP contribution is -2.41. The second kappa shape index (κ2) is 10.9. The van der Waals surface area contributed by atoms with Crippen LogP contribution in [0, 0.1) is 5.92 Å². The van der Waals surface area contributed by atoms with Crippen molar-refractivity contribution >= 4 is 40.9 Å². The molecule has 0 bridgehead atoms. The summed E-state index contributed by atoms with van der Waals surface area (Å²) >= 11 is 12.3. The van der Waals surface area contributed by atoms with Gasteiger partial charge >= 0.3 is 0 Å². The van der Waals surface area contributed by atoms with Crippen molar-refractivity contribution in [2.75, 3.05) is 11.1 Å². The van der Waals surface area contributed by atoms with Crippen molar-refractivity contribution in [2.45, 2.75) is 51.1 Å². The van der Waals surface area contributed by atoms with Gasteiger partial charge in [-0.1, -0.05) is 61.4 Å². The smallest absolute Gasteiger partial charge is 0.242 e. The molecule has 2 heterocycles. The second-order valence-electron chi connectivity index (χ2n) is 8.33. The molecule has 1 aromatic carbocycles. The van der Waals surface area contributed by atoms with E-state index in [1.54, 1.807) is 41.5 Å². The number of nitrogen functional groups attached to an aromatic ring is 1. The highest BCUT2D eigenvalue weighted by molar-refractivity contribution is 6.35. The number of amides is 1. The van der Waals surface area contributed by atoms with Gasteiger partial charge in [0, 0.05) is 35.1 Å². The van der Waals surface area contributed by atoms with E-state index < -0.39 is 6.04 Å². The summed E-state index contributed by atoms with van der Waals surface area (Å²) in [5, 5.41) is 7.38. The van der Waals surface area contributed by atoms with Crippen molar-refractivity contribution < 1.29 is 4.79 Å². The Morgan fingerprint density at radius 2 is 2.00 bits per heavy atom. The summed E-state index contributed by atoms with van der Waals surface area (Å²) in [5.41, 5.74) is 6.75. The highest BCUT2D eigenvalue weighted by Gasteiger charge is 2.25. The minimum Gasteiger partial charge on any atom is -0.368 e. The molecule has 4 rings (SSSR count). The number of hydrogen-bond acceptors (Lipinski definition) is 6. The molecule has 0 spiro atoms. The van der Waals surface area contributed by atoms with E-state index in [9.17, 15) is 4.79 Å². The van der Waals surface area contributed by atoms with Crippen molar-refractivity contribution in [3.05, 3.63) is 58.6 Å². The number of anilines is 2. The first kappa shape index (κ1) is 23.3. The molecular formula is C23H27Cl2N7O. The molecule has 2 aromatic heterocycles. The molecule has 3 aromatic rings. The molecule has 0 aliphatic heterocycles. The number of halogens is 2. The van der Waals surface area contributed by atoms with Crippen LogP contribution in [0.2, 0.25) is 10.0 Å². The molecule has 10 heteroatoms. The Labute approximate surface area is 202 Å². The number of carbonyl (C=O) groups excluding carboxylic acids is 1. The van der Waals surface area contributed by atoms with E-state index in [1.807, 2.05) is 6.07 Å². The number of nitrogens with zero attached hydrogens (tertiary/aromatic N) is 4. The largest absolute Gasteiger partial charge is 0.368 e. The Hall–Kier alpha value is -2.84. The number of nitrogens with two attached hydrogens (primary N) is 1. The van der Waals surface area contributed by atoms with Gasteiger partial charge < -0.3 is 16.4 Å². The maximum absolute atomic E-state index is 13.2. The van der Waals surface area contributed by atoms with Gasteiger partial charge in [-0.05, 0) is 30.0 Å². The van der Waals surface area contributed by atoms with Crippen LogP contribution in [0.5, 0.6) is 0 Å². The third-order valence-corrected chi connectivity index (χ3v) is 6.49. The fourth-order valence-electron chi connectivity index (χ4n) is 4.19. The van der Waals surface area contributed by atoms with Gasteiger partial charge in [-0.25, -0.2) is 4.98 Å². The summed E-state index contributed by atoms with van der Waals surface area (Å²) < 4.78 is 1.74. The molecular weight excluding hydrogens is 461 g/mol. The molecule has 1 amide bonds. The quantitative estimate of drug-likeness (QED) is 0.427. The summed E-state index contributed by atoms with van der Waals surface area (Å²) in [6.07, 6.45) is 11.7. The molecule has 1 aliphatic rings. The van der Waals surface area contributed by atoms with Crippen LogP contribution >= 0.6 is 23.2 Å². The van der Waals surface area contributed by atoms with Gasteiger partial charge in [0.2, 0.25) is 11.9 Å². The topological polar surface area (TPSA) is 111 Å². The van der Waals surface area contributed by atoms with Crippen LogP contribution in [-0.2, 0) is 11.3 Å². The lowest BCUT2D eigenvalue weighted by molar-refractivity contribution is -0.122. The average molecular weight is 488 g/mol. The lowest BCUT2D eigenvalue weighted by Gasteiger charge is -2.27. The minimum atomic E-state index is -0.468. The Morgan fingerprint density at radius 1 is 1.18 bits per heavy atom. The van der Waals surface area contributed by atoms with E-state index in [0.717, 1.165) is 18.4 Å². The fourth-order valence-corrected chi connectivity index (χ4v) is 4.67. The molecule has 0 saturated heterocycles. The normalized spacial score (nSPS) is 15.2. The zero-order chi connectivity index (χ0) is 23.2. The number of carbonyl (C=O) groups is 1. The minimum absolute atomic E-state index is 0.118. The molecule has 4 N–H and O–H groups in total. The number of aromatic nitrogens is 4. The first-order chi connectivity index (χ1) is 16.0. The van der Waals surface area contributed by atoms with E-state index in [4.69, 9.17) is 28.9 Å². The molecule has 1 saturated carbocycles. The van der Waals surface area contributed by atoms with Gasteiger partial charge in [0.1, 0.15) is 24.0 Å².